The Kier molecular flexibility index (Phi) is 6.00. The van der Waals surface area contributed by atoms with Crippen LogP contribution in [0.2, 0.25) is 0 Å². The Morgan fingerprint density at radius 3 is 2.73 bits per heavy atom. The number of rotatable bonds is 5. The van der Waals surface area contributed by atoms with Gasteiger partial charge in [-0.05, 0) is 74.1 Å². The van der Waals surface area contributed by atoms with Gasteiger partial charge in [0.1, 0.15) is 6.04 Å². The number of nitrogens with one attached hydrogen (secondary N) is 3. The Labute approximate surface area is 214 Å². The molecule has 4 heterocycles. The van der Waals surface area contributed by atoms with Crippen LogP contribution in [0.25, 0.3) is 39.1 Å². The summed E-state index contributed by atoms with van der Waals surface area (Å²) in [6, 6.07) is 14.0. The van der Waals surface area contributed by atoms with Crippen molar-refractivity contribution in [2.75, 3.05) is 0 Å². The molecular formula is C29H28N6O2. The van der Waals surface area contributed by atoms with Crippen molar-refractivity contribution in [3.63, 3.8) is 0 Å². The fraction of sp³-hybridized carbons (Fsp3) is 0.276. The molecule has 1 saturated heterocycles. The Morgan fingerprint density at radius 1 is 1.05 bits per heavy atom. The molecule has 8 nitrogen and oxygen atoms in total. The fourth-order valence-electron chi connectivity index (χ4n) is 5.19. The van der Waals surface area contributed by atoms with Gasteiger partial charge in [-0.1, -0.05) is 18.2 Å². The quantitative estimate of drug-likeness (QED) is 0.384. The number of pyridine rings is 2. The average Bonchev–Trinajstić information content (AvgIpc) is 3.58. The van der Waals surface area contributed by atoms with E-state index in [1.54, 1.807) is 6.33 Å². The number of imidazole rings is 1. The molecule has 8 heteroatoms. The molecule has 4 aromatic rings. The number of amides is 2. The predicted molar refractivity (Wildman–Crippen MR) is 142 cm³/mol. The van der Waals surface area contributed by atoms with Crippen LogP contribution in [0.15, 0.2) is 61.1 Å². The molecule has 2 aliphatic rings. The molecule has 3 N–H and O–H groups in total. The van der Waals surface area contributed by atoms with Crippen LogP contribution in [0.3, 0.4) is 0 Å². The van der Waals surface area contributed by atoms with Crippen molar-refractivity contribution >= 4 is 28.3 Å². The number of fused-ring (bicyclic) bond motifs is 1. The first kappa shape index (κ1) is 23.1. The molecule has 1 fully saturated rings. The number of hydrogen-bond acceptors (Lipinski definition) is 5. The van der Waals surface area contributed by atoms with Crippen molar-refractivity contribution in [3.05, 3.63) is 72.3 Å². The number of nitrogens with zero attached hydrogens (tertiary/aromatic N) is 3. The molecule has 37 heavy (non-hydrogen) atoms. The largest absolute Gasteiger partial charge is 0.351 e. The molecule has 0 saturated carbocycles. The van der Waals surface area contributed by atoms with Crippen molar-refractivity contribution < 1.29 is 9.59 Å². The molecule has 6 rings (SSSR count). The molecular weight excluding hydrogens is 464 g/mol. The number of hydrogen-bond donors (Lipinski definition) is 3. The van der Waals surface area contributed by atoms with Gasteiger partial charge in [-0.3, -0.25) is 19.6 Å². The summed E-state index contributed by atoms with van der Waals surface area (Å²) in [5.41, 5.74) is 7.85. The highest BCUT2D eigenvalue weighted by Gasteiger charge is 2.29. The summed E-state index contributed by atoms with van der Waals surface area (Å²) in [5, 5.41) is 6.89. The lowest BCUT2D eigenvalue weighted by Gasteiger charge is -2.24. The van der Waals surface area contributed by atoms with Crippen molar-refractivity contribution in [1.29, 1.82) is 0 Å². The van der Waals surface area contributed by atoms with Crippen molar-refractivity contribution in [2.45, 2.75) is 51.1 Å². The Morgan fingerprint density at radius 2 is 1.95 bits per heavy atom. The number of benzene rings is 1. The van der Waals surface area contributed by atoms with E-state index in [1.165, 1.54) is 5.57 Å². The minimum absolute atomic E-state index is 0.0479. The maximum absolute atomic E-state index is 12.4. The van der Waals surface area contributed by atoms with Crippen LogP contribution in [0.4, 0.5) is 0 Å². The van der Waals surface area contributed by atoms with E-state index in [0.717, 1.165) is 64.1 Å². The van der Waals surface area contributed by atoms with Gasteiger partial charge in [-0.2, -0.15) is 0 Å². The number of aryl methyl sites for hydroxylation is 1. The molecule has 0 spiro atoms. The molecule has 0 radical (unpaired) electrons. The van der Waals surface area contributed by atoms with Gasteiger partial charge < -0.3 is 15.6 Å². The Balaban J connectivity index is 1.21. The number of H-pyrrole nitrogens is 1. The zero-order valence-corrected chi connectivity index (χ0v) is 20.6. The fourth-order valence-corrected chi connectivity index (χ4v) is 5.19. The number of aromatic amines is 1. The van der Waals surface area contributed by atoms with E-state index in [4.69, 9.17) is 4.98 Å². The second kappa shape index (κ2) is 9.61. The molecule has 1 aliphatic carbocycles. The van der Waals surface area contributed by atoms with Crippen LogP contribution >= 0.6 is 0 Å². The average molecular weight is 493 g/mol. The summed E-state index contributed by atoms with van der Waals surface area (Å²) in [5.74, 6) is -0.125. The van der Waals surface area contributed by atoms with Gasteiger partial charge in [0, 0.05) is 35.3 Å². The van der Waals surface area contributed by atoms with Gasteiger partial charge in [-0.15, -0.1) is 0 Å². The SMILES string of the molecule is Cc1cccc(-c2[nH]cnc2-c2ccc3ncc(C4=CC[C@H](NC(=O)[C@@H]5CCC(=O)N5)CC4)cc3c2)n1. The molecule has 0 unspecified atom stereocenters. The van der Waals surface area contributed by atoms with Gasteiger partial charge in [0.05, 0.1) is 28.9 Å². The van der Waals surface area contributed by atoms with Gasteiger partial charge in [0.15, 0.2) is 0 Å². The van der Waals surface area contributed by atoms with E-state index in [0.29, 0.717) is 12.8 Å². The normalized spacial score (nSPS) is 19.5. The first-order chi connectivity index (χ1) is 18.0. The van der Waals surface area contributed by atoms with E-state index >= 15 is 0 Å². The first-order valence-electron chi connectivity index (χ1n) is 12.7. The lowest BCUT2D eigenvalue weighted by Crippen LogP contribution is -2.46. The smallest absolute Gasteiger partial charge is 0.242 e. The third-order valence-corrected chi connectivity index (χ3v) is 7.18. The van der Waals surface area contributed by atoms with Gasteiger partial charge >= 0.3 is 0 Å². The second-order valence-electron chi connectivity index (χ2n) is 9.79. The predicted octanol–water partition coefficient (Wildman–Crippen LogP) is 4.33. The Hall–Kier alpha value is -4.33. The van der Waals surface area contributed by atoms with E-state index in [2.05, 4.69) is 43.8 Å². The minimum atomic E-state index is -0.395. The van der Waals surface area contributed by atoms with Crippen LogP contribution in [-0.4, -0.2) is 43.8 Å². The van der Waals surface area contributed by atoms with Crippen molar-refractivity contribution in [1.82, 2.24) is 30.6 Å². The lowest BCUT2D eigenvalue weighted by molar-refractivity contribution is -0.126. The highest BCUT2D eigenvalue weighted by molar-refractivity contribution is 5.91. The van der Waals surface area contributed by atoms with E-state index in [9.17, 15) is 9.59 Å². The Bertz CT molecular complexity index is 1540. The molecule has 3 aromatic heterocycles. The number of carbonyl (C=O) groups is 2. The van der Waals surface area contributed by atoms with Crippen LogP contribution in [0, 0.1) is 6.92 Å². The second-order valence-corrected chi connectivity index (χ2v) is 9.79. The van der Waals surface area contributed by atoms with Gasteiger partial charge in [0.25, 0.3) is 0 Å². The van der Waals surface area contributed by atoms with Crippen molar-refractivity contribution in [2.24, 2.45) is 0 Å². The molecule has 1 aromatic carbocycles. The standard InChI is InChI=1S/C29H28N6O2/c1-17-3-2-4-24(33-17)28-27(31-16-32-28)19-7-10-23-20(13-19)14-21(15-30-23)18-5-8-22(9-6-18)34-29(37)25-11-12-26(36)35-25/h2-5,7,10,13-16,22,25H,6,8-9,11-12H2,1H3,(H,31,32)(H,34,37)(H,35,36)/t22-,25-/m0/s1. The van der Waals surface area contributed by atoms with E-state index < -0.39 is 6.04 Å². The number of allylic oxidation sites excluding steroid dienone is 1. The number of aromatic nitrogens is 4. The minimum Gasteiger partial charge on any atom is -0.351 e. The first-order valence-corrected chi connectivity index (χ1v) is 12.7. The van der Waals surface area contributed by atoms with Crippen LogP contribution in [0.1, 0.15) is 43.4 Å². The molecule has 2 amide bonds. The van der Waals surface area contributed by atoms with Gasteiger partial charge in [-0.25, -0.2) is 4.98 Å². The number of carbonyl (C=O) groups excluding carboxylic acids is 2. The molecule has 1 aliphatic heterocycles. The summed E-state index contributed by atoms with van der Waals surface area (Å²) >= 11 is 0. The van der Waals surface area contributed by atoms with Gasteiger partial charge in [0.2, 0.25) is 11.8 Å². The third-order valence-electron chi connectivity index (χ3n) is 7.18. The van der Waals surface area contributed by atoms with Crippen molar-refractivity contribution in [3.8, 4) is 22.6 Å². The zero-order valence-electron chi connectivity index (χ0n) is 20.6. The van der Waals surface area contributed by atoms with Crippen LogP contribution in [0.5, 0.6) is 0 Å². The third kappa shape index (κ3) is 4.74. The van der Waals surface area contributed by atoms with E-state index in [1.807, 2.05) is 43.5 Å². The maximum Gasteiger partial charge on any atom is 0.242 e. The van der Waals surface area contributed by atoms with E-state index in [-0.39, 0.29) is 17.9 Å². The molecule has 2 atom stereocenters. The summed E-state index contributed by atoms with van der Waals surface area (Å²) in [7, 11) is 0. The topological polar surface area (TPSA) is 113 Å². The van der Waals surface area contributed by atoms with Crippen LogP contribution < -0.4 is 10.6 Å². The summed E-state index contributed by atoms with van der Waals surface area (Å²) in [6.07, 6.45) is 9.31. The molecule has 186 valence electrons. The summed E-state index contributed by atoms with van der Waals surface area (Å²) in [4.78, 5) is 41.1. The molecule has 0 bridgehead atoms. The van der Waals surface area contributed by atoms with Crippen LogP contribution in [-0.2, 0) is 9.59 Å². The lowest BCUT2D eigenvalue weighted by atomic mass is 9.90. The zero-order chi connectivity index (χ0) is 25.4. The summed E-state index contributed by atoms with van der Waals surface area (Å²) in [6.45, 7) is 1.98. The highest BCUT2D eigenvalue weighted by Crippen LogP contribution is 2.32. The monoisotopic (exact) mass is 492 g/mol. The summed E-state index contributed by atoms with van der Waals surface area (Å²) < 4.78 is 0. The maximum atomic E-state index is 12.4. The highest BCUT2D eigenvalue weighted by atomic mass is 16.2.